The maximum atomic E-state index is 13.0. The number of amides is 1. The number of hydrogen-bond acceptors (Lipinski definition) is 3. The standard InChI is InChI=1S/C21H21N3OS/c25-21(18-13-26-19-6-2-1-4-15(18)19)24-10-7-14(8-11-24)17-12-23-20-16(17)5-3-9-22-20/h3,5,7,9,12-13H,1-2,4,6,8,10-11H2,(H,22,23). The number of carbonyl (C=O) groups is 1. The van der Waals surface area contributed by atoms with E-state index in [-0.39, 0.29) is 5.91 Å². The van der Waals surface area contributed by atoms with Gasteiger partial charge in [-0.15, -0.1) is 11.3 Å². The molecule has 0 radical (unpaired) electrons. The van der Waals surface area contributed by atoms with Gasteiger partial charge in [-0.05, 0) is 55.4 Å². The molecule has 0 atom stereocenters. The molecule has 1 N–H and O–H groups in total. The van der Waals surface area contributed by atoms with Crippen molar-refractivity contribution in [1.29, 1.82) is 0 Å². The molecule has 3 aromatic rings. The zero-order valence-electron chi connectivity index (χ0n) is 14.6. The fourth-order valence-electron chi connectivity index (χ4n) is 4.16. The Morgan fingerprint density at radius 1 is 1.23 bits per heavy atom. The average Bonchev–Trinajstić information content (AvgIpc) is 3.32. The molecular formula is C21H21N3OS. The Morgan fingerprint density at radius 2 is 2.15 bits per heavy atom. The third-order valence-corrected chi connectivity index (χ3v) is 6.67. The number of aryl methyl sites for hydroxylation is 1. The lowest BCUT2D eigenvalue weighted by Crippen LogP contribution is -2.35. The first-order chi connectivity index (χ1) is 12.8. The fourth-order valence-corrected chi connectivity index (χ4v) is 5.28. The van der Waals surface area contributed by atoms with Crippen molar-refractivity contribution in [3.8, 4) is 0 Å². The van der Waals surface area contributed by atoms with E-state index in [4.69, 9.17) is 0 Å². The molecule has 0 unspecified atom stereocenters. The quantitative estimate of drug-likeness (QED) is 0.732. The van der Waals surface area contributed by atoms with Crippen LogP contribution < -0.4 is 0 Å². The molecule has 2 aliphatic rings. The first kappa shape index (κ1) is 15.8. The number of H-pyrrole nitrogens is 1. The molecule has 0 fully saturated rings. The van der Waals surface area contributed by atoms with Gasteiger partial charge >= 0.3 is 0 Å². The zero-order valence-corrected chi connectivity index (χ0v) is 15.4. The van der Waals surface area contributed by atoms with Crippen LogP contribution in [-0.4, -0.2) is 33.9 Å². The second kappa shape index (κ2) is 6.40. The maximum absolute atomic E-state index is 13.0. The van der Waals surface area contributed by atoms with Crippen molar-refractivity contribution in [2.45, 2.75) is 32.1 Å². The lowest BCUT2D eigenvalue weighted by Gasteiger charge is -2.27. The van der Waals surface area contributed by atoms with Crippen LogP contribution in [0, 0.1) is 0 Å². The number of nitrogens with one attached hydrogen (secondary N) is 1. The van der Waals surface area contributed by atoms with E-state index in [9.17, 15) is 4.79 Å². The summed E-state index contributed by atoms with van der Waals surface area (Å²) in [6, 6.07) is 4.07. The van der Waals surface area contributed by atoms with Crippen molar-refractivity contribution in [1.82, 2.24) is 14.9 Å². The van der Waals surface area contributed by atoms with Crippen LogP contribution in [0.15, 0.2) is 36.0 Å². The number of aromatic nitrogens is 2. The summed E-state index contributed by atoms with van der Waals surface area (Å²) in [4.78, 5) is 24.1. The van der Waals surface area contributed by atoms with E-state index in [1.165, 1.54) is 34.4 Å². The van der Waals surface area contributed by atoms with Gasteiger partial charge in [-0.3, -0.25) is 4.79 Å². The molecule has 132 valence electrons. The number of rotatable bonds is 2. The second-order valence-corrected chi connectivity index (χ2v) is 8.05. The average molecular weight is 363 g/mol. The molecule has 4 nitrogen and oxygen atoms in total. The van der Waals surface area contributed by atoms with Crippen LogP contribution in [0.1, 0.15) is 45.6 Å². The van der Waals surface area contributed by atoms with E-state index in [0.29, 0.717) is 6.54 Å². The van der Waals surface area contributed by atoms with Crippen molar-refractivity contribution < 1.29 is 4.79 Å². The third kappa shape index (κ3) is 2.58. The topological polar surface area (TPSA) is 49.0 Å². The molecule has 5 heteroatoms. The van der Waals surface area contributed by atoms with Crippen molar-refractivity contribution in [2.24, 2.45) is 0 Å². The number of fused-ring (bicyclic) bond motifs is 2. The summed E-state index contributed by atoms with van der Waals surface area (Å²) in [6.45, 7) is 1.47. The molecule has 0 bridgehead atoms. The molecule has 3 aromatic heterocycles. The molecule has 26 heavy (non-hydrogen) atoms. The largest absolute Gasteiger partial charge is 0.346 e. The highest BCUT2D eigenvalue weighted by molar-refractivity contribution is 7.10. The summed E-state index contributed by atoms with van der Waals surface area (Å²) in [6.07, 6.45) is 11.6. The predicted molar refractivity (Wildman–Crippen MR) is 106 cm³/mol. The van der Waals surface area contributed by atoms with Crippen LogP contribution in [0.5, 0.6) is 0 Å². The molecule has 4 heterocycles. The summed E-state index contributed by atoms with van der Waals surface area (Å²) < 4.78 is 0. The van der Waals surface area contributed by atoms with E-state index in [1.54, 1.807) is 17.5 Å². The Labute approximate surface area is 156 Å². The molecule has 0 spiro atoms. The van der Waals surface area contributed by atoms with Gasteiger partial charge in [0, 0.05) is 46.7 Å². The Bertz CT molecular complexity index is 1010. The number of pyridine rings is 1. The van der Waals surface area contributed by atoms with Crippen molar-refractivity contribution in [3.05, 3.63) is 57.6 Å². The van der Waals surface area contributed by atoms with Gasteiger partial charge < -0.3 is 9.88 Å². The number of aromatic amines is 1. The lowest BCUT2D eigenvalue weighted by molar-refractivity contribution is 0.0772. The highest BCUT2D eigenvalue weighted by atomic mass is 32.1. The van der Waals surface area contributed by atoms with Crippen LogP contribution in [0.2, 0.25) is 0 Å². The first-order valence-corrected chi connectivity index (χ1v) is 10.2. The van der Waals surface area contributed by atoms with E-state index in [2.05, 4.69) is 27.5 Å². The Hall–Kier alpha value is -2.40. The maximum Gasteiger partial charge on any atom is 0.255 e. The summed E-state index contributed by atoms with van der Waals surface area (Å²) in [5.74, 6) is 0.209. The van der Waals surface area contributed by atoms with Gasteiger partial charge in [0.2, 0.25) is 0 Å². The smallest absolute Gasteiger partial charge is 0.255 e. The Balaban J connectivity index is 1.38. The fraction of sp³-hybridized carbons (Fsp3) is 0.333. The van der Waals surface area contributed by atoms with E-state index in [0.717, 1.165) is 42.4 Å². The van der Waals surface area contributed by atoms with E-state index >= 15 is 0 Å². The molecule has 0 saturated carbocycles. The number of thiophene rings is 1. The van der Waals surface area contributed by atoms with Gasteiger partial charge in [-0.1, -0.05) is 6.08 Å². The molecule has 1 amide bonds. The van der Waals surface area contributed by atoms with Crippen LogP contribution in [0.4, 0.5) is 0 Å². The second-order valence-electron chi connectivity index (χ2n) is 7.09. The molecule has 5 rings (SSSR count). The van der Waals surface area contributed by atoms with Gasteiger partial charge in [0.1, 0.15) is 5.65 Å². The number of nitrogens with zero attached hydrogens (tertiary/aromatic N) is 2. The summed E-state index contributed by atoms with van der Waals surface area (Å²) in [7, 11) is 0. The monoisotopic (exact) mass is 363 g/mol. The van der Waals surface area contributed by atoms with Crippen LogP contribution >= 0.6 is 11.3 Å². The molecule has 1 aliphatic carbocycles. The first-order valence-electron chi connectivity index (χ1n) is 9.31. The Morgan fingerprint density at radius 3 is 3.04 bits per heavy atom. The van der Waals surface area contributed by atoms with Gasteiger partial charge in [-0.25, -0.2) is 4.98 Å². The van der Waals surface area contributed by atoms with Gasteiger partial charge in [0.25, 0.3) is 5.91 Å². The van der Waals surface area contributed by atoms with Crippen molar-refractivity contribution >= 4 is 33.9 Å². The normalized spacial score (nSPS) is 17.2. The number of carbonyl (C=O) groups excluding carboxylic acids is 1. The van der Waals surface area contributed by atoms with Gasteiger partial charge in [0.15, 0.2) is 0 Å². The highest BCUT2D eigenvalue weighted by Crippen LogP contribution is 2.32. The summed E-state index contributed by atoms with van der Waals surface area (Å²) >= 11 is 1.77. The SMILES string of the molecule is O=C(c1csc2c1CCCC2)N1CC=C(c2c[nH]c3ncccc23)CC1. The summed E-state index contributed by atoms with van der Waals surface area (Å²) in [5, 5.41) is 3.24. The van der Waals surface area contributed by atoms with Crippen LogP contribution in [0.25, 0.3) is 16.6 Å². The molecule has 0 aromatic carbocycles. The van der Waals surface area contributed by atoms with Crippen molar-refractivity contribution in [3.63, 3.8) is 0 Å². The van der Waals surface area contributed by atoms with Crippen LogP contribution in [-0.2, 0) is 12.8 Å². The summed E-state index contributed by atoms with van der Waals surface area (Å²) in [5.41, 5.74) is 5.72. The number of hydrogen-bond donors (Lipinski definition) is 1. The van der Waals surface area contributed by atoms with Gasteiger partial charge in [0.05, 0.1) is 5.56 Å². The van der Waals surface area contributed by atoms with Crippen LogP contribution in [0.3, 0.4) is 0 Å². The minimum absolute atomic E-state index is 0.209. The molecule has 1 aliphatic heterocycles. The minimum Gasteiger partial charge on any atom is -0.346 e. The third-order valence-electron chi connectivity index (χ3n) is 5.59. The molecular weight excluding hydrogens is 342 g/mol. The van der Waals surface area contributed by atoms with E-state index in [1.807, 2.05) is 17.2 Å². The van der Waals surface area contributed by atoms with Crippen molar-refractivity contribution in [2.75, 3.05) is 13.1 Å². The molecule has 0 saturated heterocycles. The lowest BCUT2D eigenvalue weighted by atomic mass is 9.94. The van der Waals surface area contributed by atoms with E-state index < -0.39 is 0 Å². The zero-order chi connectivity index (χ0) is 17.5. The minimum atomic E-state index is 0.209. The van der Waals surface area contributed by atoms with Gasteiger partial charge in [-0.2, -0.15) is 0 Å². The highest BCUT2D eigenvalue weighted by Gasteiger charge is 2.25. The Kier molecular flexibility index (Phi) is 3.89. The predicted octanol–water partition coefficient (Wildman–Crippen LogP) is 4.43.